The second-order valence-corrected chi connectivity index (χ2v) is 11.1. The van der Waals surface area contributed by atoms with Crippen LogP contribution in [0.5, 0.6) is 11.5 Å². The molecule has 4 rings (SSSR count). The normalized spacial score (nSPS) is 11.4. The number of halogens is 3. The van der Waals surface area contributed by atoms with Gasteiger partial charge in [0.05, 0.1) is 17.3 Å². The summed E-state index contributed by atoms with van der Waals surface area (Å²) in [4.78, 5) is 13.0. The maximum absolute atomic E-state index is 13.6. The van der Waals surface area contributed by atoms with Crippen LogP contribution >= 0.6 is 34.8 Å². The van der Waals surface area contributed by atoms with Crippen molar-refractivity contribution in [3.05, 3.63) is 118 Å². The van der Waals surface area contributed by atoms with Crippen LogP contribution < -0.4 is 10.1 Å². The smallest absolute Gasteiger partial charge is 0.245 e. The van der Waals surface area contributed by atoms with E-state index in [0.717, 1.165) is 4.31 Å². The Morgan fingerprint density at radius 1 is 0.811 bits per heavy atom. The minimum atomic E-state index is -4.21. The summed E-state index contributed by atoms with van der Waals surface area (Å²) in [6.45, 7) is -0.570. The van der Waals surface area contributed by atoms with Gasteiger partial charge in [-0.15, -0.1) is 0 Å². The van der Waals surface area contributed by atoms with E-state index in [1.54, 1.807) is 48.5 Å². The third-order valence-corrected chi connectivity index (χ3v) is 7.96. The average molecular weight is 576 g/mol. The number of para-hydroxylation sites is 1. The zero-order chi connectivity index (χ0) is 26.4. The number of sulfonamides is 1. The predicted octanol–water partition coefficient (Wildman–Crippen LogP) is 7.27. The molecule has 0 unspecified atom stereocenters. The fraction of sp³-hybridized carbons (Fsp3) is 0.0741. The van der Waals surface area contributed by atoms with E-state index < -0.39 is 22.5 Å². The van der Waals surface area contributed by atoms with E-state index in [1.165, 1.54) is 24.3 Å². The van der Waals surface area contributed by atoms with Crippen LogP contribution in [0.2, 0.25) is 15.1 Å². The largest absolute Gasteiger partial charge is 0.455 e. The minimum Gasteiger partial charge on any atom is -0.455 e. The Morgan fingerprint density at radius 2 is 1.43 bits per heavy atom. The van der Waals surface area contributed by atoms with Gasteiger partial charge >= 0.3 is 0 Å². The van der Waals surface area contributed by atoms with E-state index in [2.05, 4.69) is 5.32 Å². The first-order chi connectivity index (χ1) is 17.7. The average Bonchev–Trinajstić information content (AvgIpc) is 2.88. The molecule has 0 aliphatic carbocycles. The Kier molecular flexibility index (Phi) is 8.74. The number of hydrogen-bond donors (Lipinski definition) is 1. The number of ether oxygens (including phenoxy) is 1. The van der Waals surface area contributed by atoms with Gasteiger partial charge in [-0.3, -0.25) is 4.79 Å². The van der Waals surface area contributed by atoms with Crippen LogP contribution in [0.15, 0.2) is 102 Å². The fourth-order valence-electron chi connectivity index (χ4n) is 3.48. The molecule has 0 aliphatic rings. The van der Waals surface area contributed by atoms with Crippen molar-refractivity contribution < 1.29 is 17.9 Å². The number of carbonyl (C=O) groups excluding carboxylic acids is 1. The van der Waals surface area contributed by atoms with Crippen LogP contribution in [0.3, 0.4) is 0 Å². The molecule has 190 valence electrons. The first-order valence-corrected chi connectivity index (χ1v) is 13.6. The molecule has 1 amide bonds. The Bertz CT molecular complexity index is 1500. The Hall–Kier alpha value is -3.07. The molecule has 0 fully saturated rings. The van der Waals surface area contributed by atoms with Gasteiger partial charge in [0.2, 0.25) is 15.9 Å². The first kappa shape index (κ1) is 27.0. The van der Waals surface area contributed by atoms with Gasteiger partial charge in [0.25, 0.3) is 0 Å². The molecule has 0 aromatic heterocycles. The highest BCUT2D eigenvalue weighted by Crippen LogP contribution is 2.33. The molecule has 0 spiro atoms. The summed E-state index contributed by atoms with van der Waals surface area (Å²) in [5.41, 5.74) is 0.979. The summed E-state index contributed by atoms with van der Waals surface area (Å²) in [5, 5.41) is 3.29. The van der Waals surface area contributed by atoms with Gasteiger partial charge in [-0.25, -0.2) is 8.42 Å². The Labute approximate surface area is 230 Å². The van der Waals surface area contributed by atoms with Crippen molar-refractivity contribution in [1.82, 2.24) is 4.31 Å². The number of carbonyl (C=O) groups is 1. The fourth-order valence-corrected chi connectivity index (χ4v) is 5.77. The highest BCUT2D eigenvalue weighted by Gasteiger charge is 2.29. The van der Waals surface area contributed by atoms with Gasteiger partial charge in [0.1, 0.15) is 10.6 Å². The van der Waals surface area contributed by atoms with Crippen molar-refractivity contribution in [3.63, 3.8) is 0 Å². The van der Waals surface area contributed by atoms with E-state index >= 15 is 0 Å². The zero-order valence-corrected chi connectivity index (χ0v) is 22.4. The molecule has 0 saturated carbocycles. The maximum atomic E-state index is 13.6. The molecular weight excluding hydrogens is 555 g/mol. The molecule has 1 N–H and O–H groups in total. The first-order valence-electron chi connectivity index (χ1n) is 11.0. The molecule has 10 heteroatoms. The third-order valence-electron chi connectivity index (χ3n) is 5.22. The van der Waals surface area contributed by atoms with Crippen molar-refractivity contribution in [2.24, 2.45) is 0 Å². The van der Waals surface area contributed by atoms with Gasteiger partial charge in [0.15, 0.2) is 5.75 Å². The topological polar surface area (TPSA) is 75.7 Å². The lowest BCUT2D eigenvalue weighted by Crippen LogP contribution is -2.37. The quantitative estimate of drug-likeness (QED) is 0.228. The number of rotatable bonds is 9. The second kappa shape index (κ2) is 12.0. The van der Waals surface area contributed by atoms with Crippen LogP contribution in [0.25, 0.3) is 0 Å². The molecule has 0 radical (unpaired) electrons. The van der Waals surface area contributed by atoms with Crippen molar-refractivity contribution in [2.75, 3.05) is 11.9 Å². The van der Waals surface area contributed by atoms with Gasteiger partial charge in [-0.05, 0) is 54.1 Å². The Morgan fingerprint density at radius 3 is 2.14 bits per heavy atom. The molecule has 6 nitrogen and oxygen atoms in total. The Balaban J connectivity index is 1.62. The molecule has 4 aromatic rings. The monoisotopic (exact) mass is 574 g/mol. The standard InChI is InChI=1S/C27H21Cl3N2O4S/c28-20-12-14-25(36-22-9-5-2-6-10-22)24(15-20)31-27(33)18-32(17-19-7-3-1-4-8-19)37(34,35)26-16-21(29)11-13-23(26)30/h1-16H,17-18H2,(H,31,33). The summed E-state index contributed by atoms with van der Waals surface area (Å²) in [6.07, 6.45) is 0. The van der Waals surface area contributed by atoms with Crippen LogP contribution in [-0.2, 0) is 21.4 Å². The molecule has 4 aromatic carbocycles. The molecule has 0 bridgehead atoms. The number of hydrogen-bond acceptors (Lipinski definition) is 4. The summed E-state index contributed by atoms with van der Waals surface area (Å²) >= 11 is 18.4. The zero-order valence-electron chi connectivity index (χ0n) is 19.3. The SMILES string of the molecule is O=C(CN(Cc1ccccc1)S(=O)(=O)c1cc(Cl)ccc1Cl)Nc1cc(Cl)ccc1Oc1ccccc1. The van der Waals surface area contributed by atoms with Crippen LogP contribution in [0.1, 0.15) is 5.56 Å². The number of benzene rings is 4. The number of nitrogens with one attached hydrogen (secondary N) is 1. The van der Waals surface area contributed by atoms with Gasteiger partial charge in [-0.2, -0.15) is 4.31 Å². The second-order valence-electron chi connectivity index (χ2n) is 7.94. The van der Waals surface area contributed by atoms with Crippen LogP contribution in [0.4, 0.5) is 5.69 Å². The number of nitrogens with zero attached hydrogens (tertiary/aromatic N) is 1. The highest BCUT2D eigenvalue weighted by atomic mass is 35.5. The molecule has 0 aliphatic heterocycles. The lowest BCUT2D eigenvalue weighted by molar-refractivity contribution is -0.116. The lowest BCUT2D eigenvalue weighted by atomic mass is 10.2. The van der Waals surface area contributed by atoms with Crippen molar-refractivity contribution in [2.45, 2.75) is 11.4 Å². The summed E-state index contributed by atoms with van der Waals surface area (Å²) in [5.74, 6) is 0.307. The van der Waals surface area contributed by atoms with E-state index in [-0.39, 0.29) is 21.5 Å². The van der Waals surface area contributed by atoms with Crippen LogP contribution in [0, 0.1) is 0 Å². The summed E-state index contributed by atoms with van der Waals surface area (Å²) in [7, 11) is -4.21. The number of anilines is 1. The minimum absolute atomic E-state index is 0.00346. The molecule has 0 saturated heterocycles. The van der Waals surface area contributed by atoms with Gasteiger partial charge in [0, 0.05) is 16.6 Å². The molecular formula is C27H21Cl3N2O4S. The third kappa shape index (κ3) is 7.03. The van der Waals surface area contributed by atoms with E-state index in [1.807, 2.05) is 24.3 Å². The summed E-state index contributed by atoms with van der Waals surface area (Å²) in [6, 6.07) is 26.9. The lowest BCUT2D eigenvalue weighted by Gasteiger charge is -2.23. The van der Waals surface area contributed by atoms with Gasteiger partial charge < -0.3 is 10.1 Å². The predicted molar refractivity (Wildman–Crippen MR) is 147 cm³/mol. The van der Waals surface area contributed by atoms with Crippen LogP contribution in [-0.4, -0.2) is 25.2 Å². The number of amides is 1. The highest BCUT2D eigenvalue weighted by molar-refractivity contribution is 7.89. The molecule has 0 atom stereocenters. The summed E-state index contributed by atoms with van der Waals surface area (Å²) < 4.78 is 34.2. The van der Waals surface area contributed by atoms with E-state index in [9.17, 15) is 13.2 Å². The van der Waals surface area contributed by atoms with E-state index in [0.29, 0.717) is 27.8 Å². The maximum Gasteiger partial charge on any atom is 0.245 e. The van der Waals surface area contributed by atoms with E-state index in [4.69, 9.17) is 39.5 Å². The molecule has 37 heavy (non-hydrogen) atoms. The van der Waals surface area contributed by atoms with Crippen molar-refractivity contribution in [3.8, 4) is 11.5 Å². The van der Waals surface area contributed by atoms with Crippen molar-refractivity contribution >= 4 is 56.4 Å². The van der Waals surface area contributed by atoms with Gasteiger partial charge in [-0.1, -0.05) is 83.3 Å². The van der Waals surface area contributed by atoms with Crippen molar-refractivity contribution in [1.29, 1.82) is 0 Å². The molecule has 0 heterocycles.